The van der Waals surface area contributed by atoms with Crippen LogP contribution >= 0.6 is 11.6 Å². The summed E-state index contributed by atoms with van der Waals surface area (Å²) in [6.07, 6.45) is 0. The zero-order chi connectivity index (χ0) is 20.0. The number of Topliss-reactive ketones (excluding diaryl/α,β-unsaturated/α-hetero) is 1. The smallest absolute Gasteiger partial charge is 0.355 e. The van der Waals surface area contributed by atoms with Gasteiger partial charge in [0.15, 0.2) is 13.2 Å². The van der Waals surface area contributed by atoms with Gasteiger partial charge in [-0.2, -0.15) is 0 Å². The Morgan fingerprint density at radius 2 is 1.78 bits per heavy atom. The molecule has 0 unspecified atom stereocenters. The van der Waals surface area contributed by atoms with Gasteiger partial charge in [0.05, 0.1) is 11.6 Å². The van der Waals surface area contributed by atoms with Crippen molar-refractivity contribution in [2.45, 2.75) is 20.8 Å². The van der Waals surface area contributed by atoms with Crippen molar-refractivity contribution in [2.75, 3.05) is 19.8 Å². The number of aryl methyl sites for hydroxylation is 1. The number of halogens is 1. The lowest BCUT2D eigenvalue weighted by Gasteiger charge is -2.08. The Kier molecular flexibility index (Phi) is 7.01. The van der Waals surface area contributed by atoms with Crippen molar-refractivity contribution in [2.24, 2.45) is 0 Å². The number of aromatic nitrogens is 1. The zero-order valence-electron chi connectivity index (χ0n) is 15.3. The van der Waals surface area contributed by atoms with Gasteiger partial charge in [-0.25, -0.2) is 9.59 Å². The number of carbonyl (C=O) groups excluding carboxylic acids is 3. The van der Waals surface area contributed by atoms with Crippen LogP contribution < -0.4 is 4.74 Å². The summed E-state index contributed by atoms with van der Waals surface area (Å²) >= 11 is 5.93. The van der Waals surface area contributed by atoms with Crippen LogP contribution in [-0.2, 0) is 14.3 Å². The van der Waals surface area contributed by atoms with Crippen LogP contribution in [0.15, 0.2) is 24.3 Å². The third-order valence-electron chi connectivity index (χ3n) is 3.74. The zero-order valence-corrected chi connectivity index (χ0v) is 16.0. The van der Waals surface area contributed by atoms with E-state index in [1.165, 1.54) is 0 Å². The monoisotopic (exact) mass is 393 g/mol. The number of hydrogen-bond donors (Lipinski definition) is 1. The van der Waals surface area contributed by atoms with Gasteiger partial charge in [0, 0.05) is 11.3 Å². The van der Waals surface area contributed by atoms with Crippen molar-refractivity contribution in [3.05, 3.63) is 51.8 Å². The first-order chi connectivity index (χ1) is 12.8. The van der Waals surface area contributed by atoms with Crippen LogP contribution in [-0.4, -0.2) is 42.5 Å². The van der Waals surface area contributed by atoms with E-state index in [2.05, 4.69) is 4.98 Å². The maximum atomic E-state index is 12.4. The number of rotatable bonds is 8. The summed E-state index contributed by atoms with van der Waals surface area (Å²) in [5.74, 6) is -1.33. The van der Waals surface area contributed by atoms with Crippen molar-refractivity contribution in [1.29, 1.82) is 0 Å². The van der Waals surface area contributed by atoms with Crippen molar-refractivity contribution >= 4 is 29.3 Å². The van der Waals surface area contributed by atoms with Gasteiger partial charge < -0.3 is 19.2 Å². The molecule has 0 atom stereocenters. The van der Waals surface area contributed by atoms with Crippen LogP contribution in [0.2, 0.25) is 5.02 Å². The average Bonchev–Trinajstić information content (AvgIpc) is 2.93. The number of ketones is 1. The molecule has 0 spiro atoms. The topological polar surface area (TPSA) is 94.7 Å². The lowest BCUT2D eigenvalue weighted by atomic mass is 10.1. The Balaban J connectivity index is 1.94. The molecule has 2 rings (SSSR count). The van der Waals surface area contributed by atoms with Gasteiger partial charge in [0.1, 0.15) is 11.4 Å². The number of nitrogens with one attached hydrogen (secondary N) is 1. The lowest BCUT2D eigenvalue weighted by Crippen LogP contribution is -2.20. The highest BCUT2D eigenvalue weighted by atomic mass is 35.5. The molecule has 0 saturated heterocycles. The number of carbonyl (C=O) groups is 3. The Morgan fingerprint density at radius 1 is 1.07 bits per heavy atom. The molecule has 8 heteroatoms. The Hall–Kier alpha value is -2.80. The highest BCUT2D eigenvalue weighted by Crippen LogP contribution is 2.23. The molecule has 0 aliphatic rings. The predicted octanol–water partition coefficient (Wildman–Crippen LogP) is 3.27. The van der Waals surface area contributed by atoms with Crippen molar-refractivity contribution in [3.63, 3.8) is 0 Å². The van der Waals surface area contributed by atoms with Crippen LogP contribution in [0.3, 0.4) is 0 Å². The summed E-state index contributed by atoms with van der Waals surface area (Å²) in [7, 11) is 0. The maximum Gasteiger partial charge on any atom is 0.355 e. The minimum absolute atomic E-state index is 0.214. The molecule has 1 N–H and O–H groups in total. The molecule has 1 heterocycles. The third kappa shape index (κ3) is 5.10. The fourth-order valence-electron chi connectivity index (χ4n) is 2.53. The number of benzene rings is 1. The number of para-hydroxylation sites is 1. The summed E-state index contributed by atoms with van der Waals surface area (Å²) in [5, 5.41) is 0.367. The highest BCUT2D eigenvalue weighted by molar-refractivity contribution is 6.32. The van der Waals surface area contributed by atoms with E-state index in [0.717, 1.165) is 0 Å². The van der Waals surface area contributed by atoms with Gasteiger partial charge in [-0.3, -0.25) is 4.79 Å². The van der Waals surface area contributed by atoms with Crippen LogP contribution in [0, 0.1) is 13.8 Å². The van der Waals surface area contributed by atoms with E-state index < -0.39 is 24.3 Å². The van der Waals surface area contributed by atoms with E-state index in [1.807, 2.05) is 0 Å². The highest BCUT2D eigenvalue weighted by Gasteiger charge is 2.23. The molecular formula is C19H20ClNO6. The summed E-state index contributed by atoms with van der Waals surface area (Å²) in [5.41, 5.74) is 1.48. The van der Waals surface area contributed by atoms with Crippen LogP contribution in [0.25, 0.3) is 0 Å². The van der Waals surface area contributed by atoms with Gasteiger partial charge in [-0.15, -0.1) is 0 Å². The fraction of sp³-hybridized carbons (Fsp3) is 0.316. The first-order valence-electron chi connectivity index (χ1n) is 8.27. The summed E-state index contributed by atoms with van der Waals surface area (Å²) < 4.78 is 15.2. The van der Waals surface area contributed by atoms with Gasteiger partial charge >= 0.3 is 11.9 Å². The summed E-state index contributed by atoms with van der Waals surface area (Å²) in [6, 6.07) is 6.70. The number of hydrogen-bond acceptors (Lipinski definition) is 6. The Bertz CT molecular complexity index is 858. The van der Waals surface area contributed by atoms with E-state index >= 15 is 0 Å². The van der Waals surface area contributed by atoms with E-state index in [-0.39, 0.29) is 18.9 Å². The quantitative estimate of drug-likeness (QED) is 0.546. The predicted molar refractivity (Wildman–Crippen MR) is 98.5 cm³/mol. The molecule has 1 aromatic heterocycles. The minimum atomic E-state index is -0.709. The number of ether oxygens (including phenoxy) is 3. The van der Waals surface area contributed by atoms with Gasteiger partial charge in [0.25, 0.3) is 0 Å². The molecule has 0 fully saturated rings. The maximum absolute atomic E-state index is 12.4. The van der Waals surface area contributed by atoms with E-state index in [9.17, 15) is 14.4 Å². The van der Waals surface area contributed by atoms with Gasteiger partial charge in [-0.05, 0) is 38.5 Å². The van der Waals surface area contributed by atoms with E-state index in [0.29, 0.717) is 27.6 Å². The van der Waals surface area contributed by atoms with Gasteiger partial charge in [0.2, 0.25) is 5.78 Å². The molecule has 7 nitrogen and oxygen atoms in total. The van der Waals surface area contributed by atoms with Crippen molar-refractivity contribution in [1.82, 2.24) is 4.98 Å². The van der Waals surface area contributed by atoms with E-state index in [1.54, 1.807) is 45.0 Å². The minimum Gasteiger partial charge on any atom is -0.480 e. The number of aromatic amines is 1. The second-order valence-electron chi connectivity index (χ2n) is 5.65. The molecule has 27 heavy (non-hydrogen) atoms. The molecule has 0 aliphatic carbocycles. The number of esters is 2. The first kappa shape index (κ1) is 20.5. The first-order valence-corrected chi connectivity index (χ1v) is 8.65. The molecule has 144 valence electrons. The molecule has 0 radical (unpaired) electrons. The van der Waals surface area contributed by atoms with Crippen LogP contribution in [0.5, 0.6) is 5.75 Å². The average molecular weight is 394 g/mol. The summed E-state index contributed by atoms with van der Waals surface area (Å²) in [4.78, 5) is 38.9. The number of H-pyrrole nitrogens is 1. The van der Waals surface area contributed by atoms with Crippen LogP contribution in [0.4, 0.5) is 0 Å². The third-order valence-corrected chi connectivity index (χ3v) is 4.05. The molecule has 0 aliphatic heterocycles. The molecular weight excluding hydrogens is 374 g/mol. The van der Waals surface area contributed by atoms with Crippen molar-refractivity contribution in [3.8, 4) is 5.75 Å². The molecule has 1 aromatic carbocycles. The SMILES string of the molecule is CCOC(=O)c1[nH]c(C)c(C(=O)COC(=O)COc2ccccc2Cl)c1C. The standard InChI is InChI=1S/C19H20ClNO6/c1-4-25-19(24)18-11(2)17(12(3)21-18)14(22)9-27-16(23)10-26-15-8-6-5-7-13(15)20/h5-8,21H,4,9-10H2,1-3H3. The molecule has 0 bridgehead atoms. The largest absolute Gasteiger partial charge is 0.480 e. The molecule has 0 saturated carbocycles. The lowest BCUT2D eigenvalue weighted by molar-refractivity contribution is -0.144. The van der Waals surface area contributed by atoms with E-state index in [4.69, 9.17) is 25.8 Å². The Labute approximate surface area is 161 Å². The normalized spacial score (nSPS) is 10.4. The van der Waals surface area contributed by atoms with Crippen LogP contribution in [0.1, 0.15) is 39.0 Å². The van der Waals surface area contributed by atoms with Gasteiger partial charge in [-0.1, -0.05) is 23.7 Å². The second kappa shape index (κ2) is 9.23. The Morgan fingerprint density at radius 3 is 2.44 bits per heavy atom. The van der Waals surface area contributed by atoms with Crippen molar-refractivity contribution < 1.29 is 28.6 Å². The summed E-state index contributed by atoms with van der Waals surface area (Å²) in [6.45, 7) is 4.36. The molecule has 0 amide bonds. The fourth-order valence-corrected chi connectivity index (χ4v) is 2.72. The molecule has 2 aromatic rings. The second-order valence-corrected chi connectivity index (χ2v) is 6.06.